The van der Waals surface area contributed by atoms with E-state index in [-0.39, 0.29) is 11.6 Å². The number of nitrogens with zero attached hydrogens (tertiary/aromatic N) is 4. The third-order valence-electron chi connectivity index (χ3n) is 5.46. The van der Waals surface area contributed by atoms with Gasteiger partial charge in [0.2, 0.25) is 0 Å². The fourth-order valence-corrected chi connectivity index (χ4v) is 3.61. The second-order valence-corrected chi connectivity index (χ2v) is 7.88. The zero-order chi connectivity index (χ0) is 21.3. The Bertz CT molecular complexity index is 965. The van der Waals surface area contributed by atoms with Gasteiger partial charge in [-0.3, -0.25) is 14.5 Å². The number of nitrogens with two attached hydrogens (primary N) is 2. The van der Waals surface area contributed by atoms with Gasteiger partial charge >= 0.3 is 0 Å². The molecule has 2 aliphatic rings. The number of hydrogen-bond donors (Lipinski definition) is 3. The molecule has 5 N–H and O–H groups in total. The van der Waals surface area contributed by atoms with E-state index in [0.29, 0.717) is 25.4 Å². The van der Waals surface area contributed by atoms with Crippen LogP contribution in [0.2, 0.25) is 0 Å². The van der Waals surface area contributed by atoms with E-state index in [1.54, 1.807) is 11.9 Å². The Balaban J connectivity index is 1.38. The number of anilines is 1. The average Bonchev–Trinajstić information content (AvgIpc) is 3.51. The number of amides is 2. The highest BCUT2D eigenvalue weighted by atomic mass is 16.2. The molecule has 0 spiro atoms. The van der Waals surface area contributed by atoms with Crippen LogP contribution in [0.5, 0.6) is 0 Å². The number of carbonyl (C=O) groups is 2. The van der Waals surface area contributed by atoms with Gasteiger partial charge in [-0.2, -0.15) is 5.10 Å². The van der Waals surface area contributed by atoms with E-state index < -0.39 is 11.9 Å². The molecule has 0 saturated heterocycles. The van der Waals surface area contributed by atoms with Crippen LogP contribution in [-0.4, -0.2) is 39.7 Å². The van der Waals surface area contributed by atoms with E-state index in [2.05, 4.69) is 10.4 Å². The van der Waals surface area contributed by atoms with Crippen molar-refractivity contribution < 1.29 is 9.59 Å². The van der Waals surface area contributed by atoms with Gasteiger partial charge in [0.15, 0.2) is 0 Å². The Morgan fingerprint density at radius 2 is 2.03 bits per heavy atom. The van der Waals surface area contributed by atoms with Crippen molar-refractivity contribution in [3.63, 3.8) is 0 Å². The molecule has 30 heavy (non-hydrogen) atoms. The van der Waals surface area contributed by atoms with Gasteiger partial charge in [0.1, 0.15) is 17.6 Å². The van der Waals surface area contributed by atoms with Crippen molar-refractivity contribution in [1.82, 2.24) is 20.1 Å². The van der Waals surface area contributed by atoms with E-state index in [1.807, 2.05) is 41.1 Å². The summed E-state index contributed by atoms with van der Waals surface area (Å²) in [5.41, 5.74) is 7.90. The highest BCUT2D eigenvalue weighted by molar-refractivity contribution is 6.01. The highest BCUT2D eigenvalue weighted by Crippen LogP contribution is 2.40. The molecule has 9 nitrogen and oxygen atoms in total. The molecule has 1 aliphatic carbocycles. The number of likely N-dealkylation sites (N-methyl/N-ethyl adjacent to an activating group) is 1. The lowest BCUT2D eigenvalue weighted by Gasteiger charge is -2.21. The summed E-state index contributed by atoms with van der Waals surface area (Å²) in [4.78, 5) is 27.0. The Morgan fingerprint density at radius 1 is 1.30 bits per heavy atom. The molecule has 2 heterocycles. The number of aryl methyl sites for hydroxylation is 1. The standard InChI is InChI=1S/C21H27N7O2/c1-26-19-11-18(15-7-8-15)25-28(19)10-9-17(21(26)30)24-20(29)16(22)13-27(23)12-14-5-3-2-4-6-14/h2-6,11,13,15,17H,7-10,12,22-23H2,1H3,(H,24,29)/b16-13-. The quantitative estimate of drug-likeness (QED) is 0.368. The van der Waals surface area contributed by atoms with Crippen LogP contribution in [0.1, 0.15) is 36.4 Å². The summed E-state index contributed by atoms with van der Waals surface area (Å²) in [6.07, 6.45) is 4.12. The lowest BCUT2D eigenvalue weighted by atomic mass is 10.2. The summed E-state index contributed by atoms with van der Waals surface area (Å²) in [6.45, 7) is 0.952. The molecule has 2 aromatic rings. The van der Waals surface area contributed by atoms with Crippen molar-refractivity contribution in [3.05, 3.63) is 59.6 Å². The maximum atomic E-state index is 12.9. The van der Waals surface area contributed by atoms with Crippen molar-refractivity contribution in [3.8, 4) is 0 Å². The van der Waals surface area contributed by atoms with Gasteiger partial charge in [0.05, 0.1) is 12.2 Å². The lowest BCUT2D eigenvalue weighted by molar-refractivity contribution is -0.125. The topological polar surface area (TPSA) is 123 Å². The summed E-state index contributed by atoms with van der Waals surface area (Å²) in [5.74, 6) is 6.52. The summed E-state index contributed by atoms with van der Waals surface area (Å²) < 4.78 is 1.85. The fraction of sp³-hybridized carbons (Fsp3) is 0.381. The zero-order valence-corrected chi connectivity index (χ0v) is 17.0. The van der Waals surface area contributed by atoms with E-state index in [4.69, 9.17) is 11.6 Å². The van der Waals surface area contributed by atoms with E-state index in [1.165, 1.54) is 11.2 Å². The molecule has 4 rings (SSSR count). The molecule has 1 fully saturated rings. The minimum absolute atomic E-state index is 0.0538. The van der Waals surface area contributed by atoms with E-state index in [9.17, 15) is 9.59 Å². The van der Waals surface area contributed by atoms with Gasteiger partial charge in [0, 0.05) is 31.8 Å². The first kappa shape index (κ1) is 20.0. The molecule has 1 aromatic heterocycles. The Labute approximate surface area is 175 Å². The number of hydrazine groups is 1. The Morgan fingerprint density at radius 3 is 2.73 bits per heavy atom. The van der Waals surface area contributed by atoms with E-state index in [0.717, 1.165) is 29.9 Å². The van der Waals surface area contributed by atoms with Crippen LogP contribution in [-0.2, 0) is 22.7 Å². The minimum atomic E-state index is -0.680. The maximum absolute atomic E-state index is 12.9. The number of nitrogens with one attached hydrogen (secondary N) is 1. The van der Waals surface area contributed by atoms with Crippen LogP contribution in [0.3, 0.4) is 0 Å². The molecule has 0 bridgehead atoms. The molecule has 1 aliphatic heterocycles. The molecular formula is C21H27N7O2. The number of hydrogen-bond acceptors (Lipinski definition) is 6. The Hall–Kier alpha value is -3.33. The monoisotopic (exact) mass is 409 g/mol. The number of benzene rings is 1. The third kappa shape index (κ3) is 4.30. The smallest absolute Gasteiger partial charge is 0.269 e. The van der Waals surface area contributed by atoms with Gasteiger partial charge in [0.25, 0.3) is 11.8 Å². The fourth-order valence-electron chi connectivity index (χ4n) is 3.61. The zero-order valence-electron chi connectivity index (χ0n) is 17.0. The molecular weight excluding hydrogens is 382 g/mol. The first-order chi connectivity index (χ1) is 14.4. The van der Waals surface area contributed by atoms with Crippen LogP contribution in [0.15, 0.2) is 48.3 Å². The maximum Gasteiger partial charge on any atom is 0.269 e. The number of carbonyl (C=O) groups excluding carboxylic acids is 2. The van der Waals surface area contributed by atoms with Gasteiger partial charge in [-0.05, 0) is 24.8 Å². The second-order valence-electron chi connectivity index (χ2n) is 7.88. The van der Waals surface area contributed by atoms with Crippen molar-refractivity contribution in [1.29, 1.82) is 0 Å². The van der Waals surface area contributed by atoms with Gasteiger partial charge in [-0.1, -0.05) is 30.3 Å². The minimum Gasteiger partial charge on any atom is -0.393 e. The van der Waals surface area contributed by atoms with Crippen LogP contribution in [0.4, 0.5) is 5.82 Å². The molecule has 9 heteroatoms. The van der Waals surface area contributed by atoms with Crippen LogP contribution < -0.4 is 21.8 Å². The summed E-state index contributed by atoms with van der Waals surface area (Å²) >= 11 is 0. The van der Waals surface area contributed by atoms with Gasteiger partial charge in [-0.25, -0.2) is 10.5 Å². The number of fused-ring (bicyclic) bond motifs is 1. The molecule has 1 unspecified atom stereocenters. The molecule has 158 valence electrons. The predicted molar refractivity (Wildman–Crippen MR) is 113 cm³/mol. The molecule has 1 saturated carbocycles. The van der Waals surface area contributed by atoms with Crippen LogP contribution >= 0.6 is 0 Å². The first-order valence-corrected chi connectivity index (χ1v) is 10.1. The molecule has 0 radical (unpaired) electrons. The van der Waals surface area contributed by atoms with Crippen molar-refractivity contribution >= 4 is 17.6 Å². The third-order valence-corrected chi connectivity index (χ3v) is 5.46. The molecule has 1 atom stereocenters. The van der Waals surface area contributed by atoms with Crippen molar-refractivity contribution in [2.24, 2.45) is 11.6 Å². The first-order valence-electron chi connectivity index (χ1n) is 10.1. The molecule has 1 aromatic carbocycles. The molecule has 2 amide bonds. The van der Waals surface area contributed by atoms with Crippen LogP contribution in [0, 0.1) is 0 Å². The number of aromatic nitrogens is 2. The van der Waals surface area contributed by atoms with Crippen LogP contribution in [0.25, 0.3) is 0 Å². The lowest BCUT2D eigenvalue weighted by Crippen LogP contribution is -2.48. The van der Waals surface area contributed by atoms with E-state index >= 15 is 0 Å². The number of rotatable bonds is 6. The predicted octanol–water partition coefficient (Wildman–Crippen LogP) is 0.788. The SMILES string of the molecule is CN1C(=O)C(NC(=O)/C(N)=C/N(N)Cc2ccccc2)CCn2nc(C3CC3)cc21. The second kappa shape index (κ2) is 8.19. The average molecular weight is 409 g/mol. The summed E-state index contributed by atoms with van der Waals surface area (Å²) in [7, 11) is 1.71. The highest BCUT2D eigenvalue weighted by Gasteiger charge is 2.33. The largest absolute Gasteiger partial charge is 0.393 e. The van der Waals surface area contributed by atoms with Crippen molar-refractivity contribution in [2.75, 3.05) is 11.9 Å². The summed E-state index contributed by atoms with van der Waals surface area (Å²) in [6, 6.07) is 10.9. The summed E-state index contributed by atoms with van der Waals surface area (Å²) in [5, 5.41) is 8.72. The van der Waals surface area contributed by atoms with Gasteiger partial charge < -0.3 is 16.1 Å². The van der Waals surface area contributed by atoms with Gasteiger partial charge in [-0.15, -0.1) is 0 Å². The van der Waals surface area contributed by atoms with Crippen molar-refractivity contribution in [2.45, 2.75) is 44.3 Å². The normalized spacial score (nSPS) is 19.3. The Kier molecular flexibility index (Phi) is 5.45.